The van der Waals surface area contributed by atoms with Crippen molar-refractivity contribution in [2.45, 2.75) is 56.9 Å². The summed E-state index contributed by atoms with van der Waals surface area (Å²) < 4.78 is 41.2. The number of hydrogen-bond donors (Lipinski definition) is 3. The lowest BCUT2D eigenvalue weighted by atomic mass is 9.93. The standard InChI is InChI=1S/C18H28FN3O3S.ClH/c1-18(2,3)22-26(24,25)16-12-14(5-6-15(16)19)21-17(23)7-4-13-8-10-20-11-9-13;/h5-6,12-13,20,22H,4,7-11H2,1-3H3,(H,21,23);1H. The predicted molar refractivity (Wildman–Crippen MR) is 107 cm³/mol. The van der Waals surface area contributed by atoms with Crippen LogP contribution in [0.25, 0.3) is 0 Å². The number of piperidine rings is 1. The Bertz CT molecular complexity index is 745. The highest BCUT2D eigenvalue weighted by atomic mass is 35.5. The average Bonchev–Trinajstić information content (AvgIpc) is 2.53. The number of hydrogen-bond acceptors (Lipinski definition) is 4. The molecule has 0 unspecified atom stereocenters. The summed E-state index contributed by atoms with van der Waals surface area (Å²) in [6, 6.07) is 3.58. The molecule has 9 heteroatoms. The number of carbonyl (C=O) groups excluding carboxylic acids is 1. The zero-order valence-corrected chi connectivity index (χ0v) is 17.6. The van der Waals surface area contributed by atoms with Crippen LogP contribution in [0, 0.1) is 11.7 Å². The first-order valence-corrected chi connectivity index (χ1v) is 10.4. The largest absolute Gasteiger partial charge is 0.326 e. The van der Waals surface area contributed by atoms with Crippen LogP contribution in [0.2, 0.25) is 0 Å². The second-order valence-corrected chi connectivity index (χ2v) is 9.43. The van der Waals surface area contributed by atoms with Crippen LogP contribution >= 0.6 is 12.4 Å². The predicted octanol–water partition coefficient (Wildman–Crippen LogP) is 3.04. The number of amides is 1. The van der Waals surface area contributed by atoms with Gasteiger partial charge in [-0.2, -0.15) is 0 Å². The second-order valence-electron chi connectivity index (χ2n) is 7.78. The number of sulfonamides is 1. The zero-order chi connectivity index (χ0) is 19.4. The zero-order valence-electron chi connectivity index (χ0n) is 16.0. The number of nitrogens with one attached hydrogen (secondary N) is 3. The number of anilines is 1. The monoisotopic (exact) mass is 421 g/mol. The van der Waals surface area contributed by atoms with Crippen LogP contribution in [0.15, 0.2) is 23.1 Å². The van der Waals surface area contributed by atoms with Gasteiger partial charge in [-0.15, -0.1) is 12.4 Å². The molecule has 0 aliphatic carbocycles. The van der Waals surface area contributed by atoms with Gasteiger partial charge in [-0.1, -0.05) is 0 Å². The molecule has 1 heterocycles. The molecule has 0 bridgehead atoms. The molecule has 1 aromatic carbocycles. The van der Waals surface area contributed by atoms with E-state index >= 15 is 0 Å². The fourth-order valence-corrected chi connectivity index (χ4v) is 4.50. The van der Waals surface area contributed by atoms with Gasteiger partial charge >= 0.3 is 0 Å². The molecule has 1 amide bonds. The van der Waals surface area contributed by atoms with Gasteiger partial charge in [-0.25, -0.2) is 17.5 Å². The van der Waals surface area contributed by atoms with E-state index < -0.39 is 26.3 Å². The van der Waals surface area contributed by atoms with Crippen molar-refractivity contribution in [2.75, 3.05) is 18.4 Å². The van der Waals surface area contributed by atoms with E-state index in [2.05, 4.69) is 15.4 Å². The number of halogens is 2. The van der Waals surface area contributed by atoms with Gasteiger partial charge in [0.25, 0.3) is 0 Å². The first-order chi connectivity index (χ1) is 12.1. The topological polar surface area (TPSA) is 87.3 Å². The smallest absolute Gasteiger partial charge is 0.244 e. The van der Waals surface area contributed by atoms with Crippen molar-refractivity contribution in [3.63, 3.8) is 0 Å². The highest BCUT2D eigenvalue weighted by molar-refractivity contribution is 7.89. The van der Waals surface area contributed by atoms with Gasteiger partial charge < -0.3 is 10.6 Å². The van der Waals surface area contributed by atoms with E-state index in [9.17, 15) is 17.6 Å². The molecule has 2 rings (SSSR count). The van der Waals surface area contributed by atoms with Crippen LogP contribution in [0.3, 0.4) is 0 Å². The summed E-state index contributed by atoms with van der Waals surface area (Å²) in [6.45, 7) is 6.98. The van der Waals surface area contributed by atoms with Crippen LogP contribution in [0.5, 0.6) is 0 Å². The Balaban J connectivity index is 0.00000364. The Kier molecular flexibility index (Phi) is 8.66. The quantitative estimate of drug-likeness (QED) is 0.658. The van der Waals surface area contributed by atoms with E-state index in [0.29, 0.717) is 12.3 Å². The molecule has 0 atom stereocenters. The lowest BCUT2D eigenvalue weighted by molar-refractivity contribution is -0.116. The third-order valence-electron chi connectivity index (χ3n) is 4.18. The Morgan fingerprint density at radius 3 is 2.48 bits per heavy atom. The van der Waals surface area contributed by atoms with Crippen LogP contribution in [-0.2, 0) is 14.8 Å². The molecule has 0 saturated carbocycles. The lowest BCUT2D eigenvalue weighted by Gasteiger charge is -2.22. The summed E-state index contributed by atoms with van der Waals surface area (Å²) in [5, 5.41) is 5.96. The maximum absolute atomic E-state index is 14.0. The SMILES string of the molecule is CC(C)(C)NS(=O)(=O)c1cc(NC(=O)CCC2CCNCC2)ccc1F.Cl. The van der Waals surface area contributed by atoms with E-state index in [1.54, 1.807) is 20.8 Å². The average molecular weight is 422 g/mol. The van der Waals surface area contributed by atoms with Gasteiger partial charge in [0.15, 0.2) is 0 Å². The van der Waals surface area contributed by atoms with Crippen molar-refractivity contribution in [1.82, 2.24) is 10.0 Å². The Morgan fingerprint density at radius 1 is 1.26 bits per heavy atom. The van der Waals surface area contributed by atoms with E-state index in [-0.39, 0.29) is 24.0 Å². The molecule has 3 N–H and O–H groups in total. The Morgan fingerprint density at radius 2 is 1.89 bits per heavy atom. The summed E-state index contributed by atoms with van der Waals surface area (Å²) in [4.78, 5) is 11.7. The molecule has 27 heavy (non-hydrogen) atoms. The third-order valence-corrected chi connectivity index (χ3v) is 5.96. The summed E-state index contributed by atoms with van der Waals surface area (Å²) in [5.74, 6) is -0.515. The fourth-order valence-electron chi connectivity index (χ4n) is 2.97. The Hall–Kier alpha value is -1.22. The molecular formula is C18H29ClFN3O3S. The van der Waals surface area contributed by atoms with Crippen molar-refractivity contribution in [3.05, 3.63) is 24.0 Å². The summed E-state index contributed by atoms with van der Waals surface area (Å²) in [5.41, 5.74) is -0.463. The minimum absolute atomic E-state index is 0. The molecule has 1 aliphatic heterocycles. The number of benzene rings is 1. The van der Waals surface area contributed by atoms with Gasteiger partial charge in [0, 0.05) is 17.6 Å². The maximum Gasteiger partial charge on any atom is 0.244 e. The lowest BCUT2D eigenvalue weighted by Crippen LogP contribution is -2.40. The normalized spacial score (nSPS) is 15.9. The first-order valence-electron chi connectivity index (χ1n) is 8.91. The molecule has 1 saturated heterocycles. The van der Waals surface area contributed by atoms with Gasteiger partial charge in [0.1, 0.15) is 10.7 Å². The van der Waals surface area contributed by atoms with Gasteiger partial charge in [-0.05, 0) is 77.2 Å². The highest BCUT2D eigenvalue weighted by Gasteiger charge is 2.25. The minimum Gasteiger partial charge on any atom is -0.326 e. The Labute approximate surface area is 167 Å². The number of rotatable bonds is 6. The van der Waals surface area contributed by atoms with Crippen LogP contribution < -0.4 is 15.4 Å². The van der Waals surface area contributed by atoms with E-state index in [1.165, 1.54) is 6.07 Å². The fraction of sp³-hybridized carbons (Fsp3) is 0.611. The molecule has 0 radical (unpaired) electrons. The third kappa shape index (κ3) is 7.73. The molecule has 1 aromatic rings. The molecule has 1 fully saturated rings. The minimum atomic E-state index is -4.02. The molecule has 0 aromatic heterocycles. The van der Waals surface area contributed by atoms with Crippen LogP contribution in [0.1, 0.15) is 46.5 Å². The van der Waals surface area contributed by atoms with Crippen molar-refractivity contribution in [1.29, 1.82) is 0 Å². The van der Waals surface area contributed by atoms with Gasteiger partial charge in [0.2, 0.25) is 15.9 Å². The first kappa shape index (κ1) is 23.8. The van der Waals surface area contributed by atoms with E-state index in [4.69, 9.17) is 0 Å². The number of carbonyl (C=O) groups is 1. The second kappa shape index (κ2) is 9.82. The maximum atomic E-state index is 14.0. The summed E-state index contributed by atoms with van der Waals surface area (Å²) in [7, 11) is -4.02. The van der Waals surface area contributed by atoms with Crippen LogP contribution in [-0.4, -0.2) is 33.0 Å². The summed E-state index contributed by atoms with van der Waals surface area (Å²) >= 11 is 0. The van der Waals surface area contributed by atoms with E-state index in [0.717, 1.165) is 44.5 Å². The molecule has 0 spiro atoms. The van der Waals surface area contributed by atoms with Gasteiger partial charge in [0.05, 0.1) is 0 Å². The highest BCUT2D eigenvalue weighted by Crippen LogP contribution is 2.22. The van der Waals surface area contributed by atoms with Crippen molar-refractivity contribution >= 4 is 34.0 Å². The van der Waals surface area contributed by atoms with Crippen molar-refractivity contribution in [3.8, 4) is 0 Å². The van der Waals surface area contributed by atoms with Gasteiger partial charge in [-0.3, -0.25) is 4.79 Å². The summed E-state index contributed by atoms with van der Waals surface area (Å²) in [6.07, 6.45) is 3.28. The van der Waals surface area contributed by atoms with Crippen LogP contribution in [0.4, 0.5) is 10.1 Å². The van der Waals surface area contributed by atoms with Crippen molar-refractivity contribution in [2.24, 2.45) is 5.92 Å². The van der Waals surface area contributed by atoms with Crippen molar-refractivity contribution < 1.29 is 17.6 Å². The molecule has 154 valence electrons. The molecule has 6 nitrogen and oxygen atoms in total. The van der Waals surface area contributed by atoms with E-state index in [1.807, 2.05) is 0 Å². The molecule has 1 aliphatic rings. The molecular weight excluding hydrogens is 393 g/mol.